The van der Waals surface area contributed by atoms with Gasteiger partial charge < -0.3 is 4.90 Å². The SMILES string of the molecule is c1ccc(C2=[NH+]C(c3cccc(-c4ccccc4)c3)[NH2+]C(c3ccc4c5c(cccc35)-c3ccccc3N(c3ccccc3)c3ccccc3-4)[NH2+]2)cc1. The van der Waals surface area contributed by atoms with E-state index >= 15 is 0 Å². The van der Waals surface area contributed by atoms with E-state index in [0.29, 0.717) is 0 Å². The van der Waals surface area contributed by atoms with E-state index in [2.05, 4.69) is 215 Å². The number of anilines is 3. The van der Waals surface area contributed by atoms with Crippen LogP contribution >= 0.6 is 0 Å². The van der Waals surface area contributed by atoms with E-state index < -0.39 is 0 Å². The molecule has 10 rings (SSSR count). The molecular weight excluding hydrogens is 645 g/mol. The number of nitrogens with one attached hydrogen (secondary N) is 1. The molecule has 0 fully saturated rings. The van der Waals surface area contributed by atoms with Gasteiger partial charge in [0.2, 0.25) is 0 Å². The van der Waals surface area contributed by atoms with Crippen molar-refractivity contribution in [3.05, 3.63) is 211 Å². The minimum absolute atomic E-state index is 0.0153. The first-order valence-electron chi connectivity index (χ1n) is 18.4. The Labute approximate surface area is 309 Å². The van der Waals surface area contributed by atoms with Crippen LogP contribution in [0.5, 0.6) is 0 Å². The number of hydrogen-bond donors (Lipinski definition) is 3. The molecule has 0 amide bonds. The topological polar surface area (TPSA) is 50.4 Å². The third-order valence-corrected chi connectivity index (χ3v) is 10.8. The van der Waals surface area contributed by atoms with Crippen LogP contribution in [0.2, 0.25) is 0 Å². The van der Waals surface area contributed by atoms with Crippen LogP contribution in [0.1, 0.15) is 29.0 Å². The number of benzene rings is 8. The molecular formula is C49H39N4+3. The minimum Gasteiger partial charge on any atom is -0.309 e. The van der Waals surface area contributed by atoms with Gasteiger partial charge in [0, 0.05) is 16.8 Å². The molecule has 2 atom stereocenters. The summed E-state index contributed by atoms with van der Waals surface area (Å²) in [5.74, 6) is 1.15. The Kier molecular flexibility index (Phi) is 7.76. The van der Waals surface area contributed by atoms with Crippen molar-refractivity contribution in [2.45, 2.75) is 12.3 Å². The average Bonchev–Trinajstić information content (AvgIpc) is 3.24. The fourth-order valence-corrected chi connectivity index (χ4v) is 8.38. The molecule has 8 aromatic rings. The molecule has 0 spiro atoms. The minimum atomic E-state index is 0.0153. The number of quaternary nitrogens is 2. The number of nitrogens with two attached hydrogens (primary N) is 2. The van der Waals surface area contributed by atoms with Gasteiger partial charge in [-0.3, -0.25) is 0 Å². The van der Waals surface area contributed by atoms with Crippen molar-refractivity contribution in [3.63, 3.8) is 0 Å². The third-order valence-electron chi connectivity index (χ3n) is 10.8. The predicted octanol–water partition coefficient (Wildman–Crippen LogP) is 7.99. The quantitative estimate of drug-likeness (QED) is 0.169. The summed E-state index contributed by atoms with van der Waals surface area (Å²) >= 11 is 0. The Bertz CT molecular complexity index is 2580. The van der Waals surface area contributed by atoms with Gasteiger partial charge >= 0.3 is 12.0 Å². The molecule has 4 heteroatoms. The molecule has 0 aliphatic carbocycles. The Morgan fingerprint density at radius 1 is 0.453 bits per heavy atom. The van der Waals surface area contributed by atoms with Crippen molar-refractivity contribution >= 4 is 33.7 Å². The van der Waals surface area contributed by atoms with Gasteiger partial charge in [-0.1, -0.05) is 140 Å². The zero-order valence-corrected chi connectivity index (χ0v) is 29.2. The summed E-state index contributed by atoms with van der Waals surface area (Å²) in [5, 5.41) is 7.48. The number of nitrogen functional groups attached to an aromatic ring is 1. The monoisotopic (exact) mass is 683 g/mol. The lowest BCUT2D eigenvalue weighted by Crippen LogP contribution is -3.22. The highest BCUT2D eigenvalue weighted by molar-refractivity contribution is 6.13. The smallest absolute Gasteiger partial charge is 0.309 e. The van der Waals surface area contributed by atoms with Crippen LogP contribution in [0.3, 0.4) is 0 Å². The van der Waals surface area contributed by atoms with Crippen LogP contribution in [0.15, 0.2) is 194 Å². The van der Waals surface area contributed by atoms with E-state index in [1.165, 1.54) is 72.2 Å². The van der Waals surface area contributed by atoms with Gasteiger partial charge in [-0.25, -0.2) is 10.6 Å². The zero-order chi connectivity index (χ0) is 35.1. The fourth-order valence-electron chi connectivity index (χ4n) is 8.38. The number of para-hydroxylation sites is 3. The molecule has 4 nitrogen and oxygen atoms in total. The summed E-state index contributed by atoms with van der Waals surface area (Å²) in [4.78, 5) is 6.34. The van der Waals surface area contributed by atoms with Crippen molar-refractivity contribution in [2.24, 2.45) is 0 Å². The molecule has 0 saturated carbocycles. The number of rotatable bonds is 5. The maximum absolute atomic E-state index is 3.92. The van der Waals surface area contributed by atoms with Gasteiger partial charge in [0.15, 0.2) is 0 Å². The van der Waals surface area contributed by atoms with E-state index in [-0.39, 0.29) is 12.3 Å². The summed E-state index contributed by atoms with van der Waals surface area (Å²) in [6.45, 7) is 0. The molecule has 2 unspecified atom stereocenters. The molecule has 0 saturated heterocycles. The van der Waals surface area contributed by atoms with Gasteiger partial charge in [0.1, 0.15) is 5.56 Å². The Morgan fingerprint density at radius 3 is 1.74 bits per heavy atom. The number of amidine groups is 1. The molecule has 0 aromatic heterocycles. The van der Waals surface area contributed by atoms with Gasteiger partial charge in [-0.2, -0.15) is 0 Å². The van der Waals surface area contributed by atoms with E-state index in [4.69, 9.17) is 0 Å². The van der Waals surface area contributed by atoms with Crippen LogP contribution in [-0.2, 0) is 0 Å². The second-order valence-electron chi connectivity index (χ2n) is 13.9. The third kappa shape index (κ3) is 5.53. The molecule has 8 aromatic carbocycles. The van der Waals surface area contributed by atoms with Crippen LogP contribution in [-0.4, -0.2) is 5.84 Å². The zero-order valence-electron chi connectivity index (χ0n) is 29.2. The van der Waals surface area contributed by atoms with E-state index in [9.17, 15) is 0 Å². The molecule has 0 bridgehead atoms. The normalized spacial score (nSPS) is 16.2. The van der Waals surface area contributed by atoms with Crippen molar-refractivity contribution in [1.29, 1.82) is 0 Å². The number of hydrogen-bond acceptors (Lipinski definition) is 1. The molecule has 2 aliphatic rings. The first kappa shape index (κ1) is 31.2. The highest BCUT2D eigenvalue weighted by atomic mass is 15.3. The Balaban J connectivity index is 1.16. The van der Waals surface area contributed by atoms with Gasteiger partial charge in [-0.15, -0.1) is 4.99 Å². The maximum Gasteiger partial charge on any atom is 0.376 e. The van der Waals surface area contributed by atoms with Crippen molar-refractivity contribution in [3.8, 4) is 33.4 Å². The van der Waals surface area contributed by atoms with Crippen molar-refractivity contribution < 1.29 is 15.6 Å². The second kappa shape index (κ2) is 13.2. The van der Waals surface area contributed by atoms with Crippen molar-refractivity contribution in [2.75, 3.05) is 4.90 Å². The van der Waals surface area contributed by atoms with E-state index in [1.807, 2.05) is 0 Å². The highest BCUT2D eigenvalue weighted by Crippen LogP contribution is 2.50. The largest absolute Gasteiger partial charge is 0.376 e. The lowest BCUT2D eigenvalue weighted by molar-refractivity contribution is -0.998. The first-order chi connectivity index (χ1) is 26.3. The van der Waals surface area contributed by atoms with E-state index in [1.54, 1.807) is 0 Å². The molecule has 2 heterocycles. The highest BCUT2D eigenvalue weighted by Gasteiger charge is 2.39. The summed E-state index contributed by atoms with van der Waals surface area (Å²) in [6.07, 6.45) is 0.0828. The Hall–Kier alpha value is -6.59. The summed E-state index contributed by atoms with van der Waals surface area (Å²) < 4.78 is 0. The summed E-state index contributed by atoms with van der Waals surface area (Å²) in [7, 11) is 0. The van der Waals surface area contributed by atoms with E-state index in [0.717, 1.165) is 11.5 Å². The van der Waals surface area contributed by atoms with Crippen LogP contribution in [0.25, 0.3) is 44.2 Å². The molecule has 5 N–H and O–H groups in total. The van der Waals surface area contributed by atoms with Crippen molar-refractivity contribution in [1.82, 2.24) is 0 Å². The lowest BCUT2D eigenvalue weighted by Gasteiger charge is -2.32. The number of nitrogens with zero attached hydrogens (tertiary/aromatic N) is 1. The molecule has 2 aliphatic heterocycles. The molecule has 252 valence electrons. The average molecular weight is 684 g/mol. The Morgan fingerprint density at radius 2 is 1.02 bits per heavy atom. The maximum atomic E-state index is 3.92. The van der Waals surface area contributed by atoms with Gasteiger partial charge in [0.05, 0.1) is 22.5 Å². The second-order valence-corrected chi connectivity index (χ2v) is 13.9. The molecule has 53 heavy (non-hydrogen) atoms. The van der Waals surface area contributed by atoms with Gasteiger partial charge in [-0.05, 0) is 87.6 Å². The summed E-state index contributed by atoms with van der Waals surface area (Å²) in [5.41, 5.74) is 14.6. The lowest BCUT2D eigenvalue weighted by atomic mass is 9.85. The predicted molar refractivity (Wildman–Crippen MR) is 216 cm³/mol. The van der Waals surface area contributed by atoms with Crippen LogP contribution < -0.4 is 20.5 Å². The number of fused-ring (bicyclic) bond motifs is 4. The first-order valence-corrected chi connectivity index (χ1v) is 18.4. The standard InChI is InChI=1S/C49H36N4/c1-4-16-33(17-5-1)35-20-14-21-36(32-35)48-50-47(34-18-6-2-7-19-34)51-49(52-48)43-31-30-42-39-25-11-13-29-45(39)53(37-22-8-3-9-23-37)44-28-12-10-24-38(44)40-26-15-27-41(43)46(40)42/h1-32,48-49,52H,(H,50,51)/p+3. The molecule has 0 radical (unpaired) electrons. The van der Waals surface area contributed by atoms with Crippen LogP contribution in [0.4, 0.5) is 17.1 Å². The fraction of sp³-hybridized carbons (Fsp3) is 0.0408. The van der Waals surface area contributed by atoms with Gasteiger partial charge in [0.25, 0.3) is 6.17 Å². The van der Waals surface area contributed by atoms with Crippen LogP contribution in [0, 0.1) is 0 Å². The summed E-state index contributed by atoms with van der Waals surface area (Å²) in [6, 6.07) is 70.5.